The van der Waals surface area contributed by atoms with Crippen LogP contribution in [0.15, 0.2) is 12.2 Å². The van der Waals surface area contributed by atoms with Crippen molar-refractivity contribution >= 4 is 9.28 Å². The van der Waals surface area contributed by atoms with E-state index in [-0.39, 0.29) is 5.54 Å². The lowest BCUT2D eigenvalue weighted by Gasteiger charge is -2.06. The molecule has 0 bridgehead atoms. The lowest BCUT2D eigenvalue weighted by atomic mass is 10.3. The molecular weight excluding hydrogens is 146 g/mol. The zero-order valence-electron chi connectivity index (χ0n) is 6.20. The molecule has 0 rings (SSSR count). The van der Waals surface area contributed by atoms with Gasteiger partial charge in [-0.2, -0.15) is 0 Å². The summed E-state index contributed by atoms with van der Waals surface area (Å²) in [6, 6.07) is 0. The third kappa shape index (κ3) is 4.69. The number of nitrogens with two attached hydrogens (primary N) is 1. The van der Waals surface area contributed by atoms with E-state index < -0.39 is 9.28 Å². The van der Waals surface area contributed by atoms with Crippen LogP contribution in [0.5, 0.6) is 0 Å². The van der Waals surface area contributed by atoms with Gasteiger partial charge in [0.25, 0.3) is 0 Å². The van der Waals surface area contributed by atoms with Crippen molar-refractivity contribution in [1.29, 1.82) is 0 Å². The van der Waals surface area contributed by atoms with Crippen molar-refractivity contribution in [3.63, 3.8) is 0 Å². The van der Waals surface area contributed by atoms with Crippen LogP contribution in [0.1, 0.15) is 13.3 Å². The number of hydrogen-bond acceptors (Lipinski definition) is 3. The van der Waals surface area contributed by atoms with Gasteiger partial charge < -0.3 is 15.3 Å². The Bertz CT molecular complexity index is 106. The van der Waals surface area contributed by atoms with Gasteiger partial charge in [-0.05, 0) is 6.42 Å². The summed E-state index contributed by atoms with van der Waals surface area (Å²) in [5.74, 6) is 0. The zero-order valence-corrected chi connectivity index (χ0v) is 7.35. The molecule has 0 radical (unpaired) electrons. The van der Waals surface area contributed by atoms with Crippen LogP contribution in [0.2, 0.25) is 5.54 Å². The van der Waals surface area contributed by atoms with Crippen molar-refractivity contribution in [2.45, 2.75) is 18.9 Å². The van der Waals surface area contributed by atoms with Crippen LogP contribution in [0.25, 0.3) is 0 Å². The normalized spacial score (nSPS) is 14.9. The van der Waals surface area contributed by atoms with Crippen LogP contribution in [0.3, 0.4) is 0 Å². The lowest BCUT2D eigenvalue weighted by Crippen LogP contribution is -2.16. The molecule has 0 aliphatic carbocycles. The highest BCUT2D eigenvalue weighted by Crippen LogP contribution is 2.10. The van der Waals surface area contributed by atoms with Gasteiger partial charge >= 0.3 is 9.28 Å². The highest BCUT2D eigenvalue weighted by atomic mass is 28.3. The second kappa shape index (κ2) is 5.61. The van der Waals surface area contributed by atoms with E-state index in [2.05, 4.69) is 0 Å². The van der Waals surface area contributed by atoms with Gasteiger partial charge in [-0.25, -0.2) is 0 Å². The average molecular weight is 161 g/mol. The van der Waals surface area contributed by atoms with Gasteiger partial charge in [0.2, 0.25) is 0 Å². The summed E-state index contributed by atoms with van der Waals surface area (Å²) in [7, 11) is -2.40. The summed E-state index contributed by atoms with van der Waals surface area (Å²) < 4.78 is 0. The molecule has 0 amide bonds. The van der Waals surface area contributed by atoms with Gasteiger partial charge in [-0.1, -0.05) is 19.1 Å². The smallest absolute Gasteiger partial charge is 0.319 e. The van der Waals surface area contributed by atoms with Crippen molar-refractivity contribution in [3.8, 4) is 0 Å². The predicted octanol–water partition coefficient (Wildman–Crippen LogP) is -0.513. The Labute approximate surface area is 63.0 Å². The molecule has 0 saturated heterocycles. The first kappa shape index (κ1) is 9.84. The minimum atomic E-state index is -2.40. The molecule has 0 saturated carbocycles. The number of rotatable bonds is 4. The van der Waals surface area contributed by atoms with Crippen LogP contribution < -0.4 is 5.73 Å². The van der Waals surface area contributed by atoms with E-state index >= 15 is 0 Å². The maximum Gasteiger partial charge on any atom is 0.319 e. The summed E-state index contributed by atoms with van der Waals surface area (Å²) in [6.07, 6.45) is 4.44. The molecule has 3 nitrogen and oxygen atoms in total. The van der Waals surface area contributed by atoms with Crippen LogP contribution in [-0.4, -0.2) is 25.4 Å². The molecule has 0 fully saturated rings. The molecule has 0 aromatic carbocycles. The van der Waals surface area contributed by atoms with Crippen molar-refractivity contribution in [2.75, 3.05) is 6.54 Å². The zero-order chi connectivity index (χ0) is 7.98. The molecule has 0 aliphatic rings. The average Bonchev–Trinajstić information content (AvgIpc) is 1.88. The van der Waals surface area contributed by atoms with E-state index in [9.17, 15) is 0 Å². The highest BCUT2D eigenvalue weighted by molar-refractivity contribution is 6.42. The molecule has 0 spiro atoms. The molecule has 0 aromatic rings. The number of allylic oxidation sites excluding steroid dienone is 1. The fourth-order valence-electron chi connectivity index (χ4n) is 0.529. The van der Waals surface area contributed by atoms with Gasteiger partial charge in [0, 0.05) is 12.1 Å². The first-order valence-electron chi connectivity index (χ1n) is 3.39. The van der Waals surface area contributed by atoms with Gasteiger partial charge in [0.15, 0.2) is 0 Å². The van der Waals surface area contributed by atoms with Gasteiger partial charge in [-0.15, -0.1) is 0 Å². The van der Waals surface area contributed by atoms with Gasteiger partial charge in [-0.3, -0.25) is 0 Å². The van der Waals surface area contributed by atoms with Crippen molar-refractivity contribution < 1.29 is 9.59 Å². The summed E-state index contributed by atoms with van der Waals surface area (Å²) in [5.41, 5.74) is 5.22. The maximum absolute atomic E-state index is 8.75. The molecule has 4 N–H and O–H groups in total. The molecule has 0 aliphatic heterocycles. The van der Waals surface area contributed by atoms with E-state index in [1.165, 1.54) is 0 Å². The molecule has 4 heteroatoms. The monoisotopic (exact) mass is 161 g/mol. The Hall–Kier alpha value is -0.163. The molecule has 1 unspecified atom stereocenters. The van der Waals surface area contributed by atoms with E-state index in [1.807, 2.05) is 19.1 Å². The Morgan fingerprint density at radius 3 is 2.50 bits per heavy atom. The summed E-state index contributed by atoms with van der Waals surface area (Å²) in [6.45, 7) is 2.35. The molecule has 1 atom stereocenters. The van der Waals surface area contributed by atoms with E-state index in [1.54, 1.807) is 0 Å². The van der Waals surface area contributed by atoms with Crippen molar-refractivity contribution in [2.24, 2.45) is 5.73 Å². The first-order valence-corrected chi connectivity index (χ1v) is 5.09. The minimum absolute atomic E-state index is 0.0304. The van der Waals surface area contributed by atoms with E-state index in [4.69, 9.17) is 15.3 Å². The summed E-state index contributed by atoms with van der Waals surface area (Å²) >= 11 is 0. The summed E-state index contributed by atoms with van der Waals surface area (Å²) in [5, 5.41) is 0. The molecule has 60 valence electrons. The minimum Gasteiger partial charge on any atom is -0.413 e. The Balaban J connectivity index is 3.38. The lowest BCUT2D eigenvalue weighted by molar-refractivity contribution is 0.388. The fraction of sp³-hybridized carbons (Fsp3) is 0.667. The quantitative estimate of drug-likeness (QED) is 0.384. The second-order valence-electron chi connectivity index (χ2n) is 2.33. The van der Waals surface area contributed by atoms with Crippen LogP contribution in [-0.2, 0) is 0 Å². The van der Waals surface area contributed by atoms with Crippen LogP contribution in [0, 0.1) is 0 Å². The topological polar surface area (TPSA) is 66.5 Å². The Morgan fingerprint density at radius 1 is 1.50 bits per heavy atom. The Kier molecular flexibility index (Phi) is 5.52. The molecule has 0 heterocycles. The Morgan fingerprint density at radius 2 is 2.10 bits per heavy atom. The summed E-state index contributed by atoms with van der Waals surface area (Å²) in [4.78, 5) is 17.5. The second-order valence-corrected chi connectivity index (χ2v) is 4.30. The van der Waals surface area contributed by atoms with Gasteiger partial charge in [0.1, 0.15) is 0 Å². The fourth-order valence-corrected chi connectivity index (χ4v) is 0.929. The standard InChI is InChI=1S/C6H15NO2Si/c1-6(10(8)9)4-2-3-5-7/h2-3,6,8-10H,4-5,7H2,1H3. The number of hydrogen-bond donors (Lipinski definition) is 3. The van der Waals surface area contributed by atoms with Crippen molar-refractivity contribution in [3.05, 3.63) is 12.2 Å². The van der Waals surface area contributed by atoms with Crippen LogP contribution in [0.4, 0.5) is 0 Å². The molecule has 10 heavy (non-hydrogen) atoms. The largest absolute Gasteiger partial charge is 0.413 e. The maximum atomic E-state index is 8.75. The van der Waals surface area contributed by atoms with Gasteiger partial charge in [0.05, 0.1) is 0 Å². The van der Waals surface area contributed by atoms with Crippen molar-refractivity contribution in [1.82, 2.24) is 0 Å². The third-order valence-corrected chi connectivity index (χ3v) is 2.61. The predicted molar refractivity (Wildman–Crippen MR) is 43.8 cm³/mol. The molecular formula is C6H15NO2Si. The van der Waals surface area contributed by atoms with E-state index in [0.29, 0.717) is 6.54 Å². The SMILES string of the molecule is CC(CC=CCN)[SiH](O)O. The van der Waals surface area contributed by atoms with E-state index in [0.717, 1.165) is 6.42 Å². The first-order chi connectivity index (χ1) is 4.68. The molecule has 0 aromatic heterocycles. The third-order valence-electron chi connectivity index (χ3n) is 1.32. The van der Waals surface area contributed by atoms with Crippen LogP contribution >= 0.6 is 0 Å². The highest BCUT2D eigenvalue weighted by Gasteiger charge is 2.10.